The minimum atomic E-state index is -0.584. The number of urea groups is 1. The van der Waals surface area contributed by atoms with E-state index in [0.29, 0.717) is 18.8 Å². The smallest absolute Gasteiger partial charge is 0.319 e. The number of aliphatic hydroxyl groups excluding tert-OH is 1. The van der Waals surface area contributed by atoms with E-state index in [0.717, 1.165) is 29.9 Å². The zero-order valence-corrected chi connectivity index (χ0v) is 17.4. The summed E-state index contributed by atoms with van der Waals surface area (Å²) < 4.78 is 5.66. The molecule has 28 heavy (non-hydrogen) atoms. The summed E-state index contributed by atoms with van der Waals surface area (Å²) in [4.78, 5) is 13.6. The number of anilines is 1. The third-order valence-corrected chi connectivity index (χ3v) is 5.99. The van der Waals surface area contributed by atoms with Gasteiger partial charge in [-0.3, -0.25) is 4.90 Å². The van der Waals surface area contributed by atoms with Gasteiger partial charge in [0, 0.05) is 24.3 Å². The summed E-state index contributed by atoms with van der Waals surface area (Å²) in [7, 11) is 0. The lowest BCUT2D eigenvalue weighted by atomic mass is 10.1. The maximum atomic E-state index is 11.9. The Balaban J connectivity index is 1.46. The summed E-state index contributed by atoms with van der Waals surface area (Å²) >= 11 is 0. The van der Waals surface area contributed by atoms with E-state index in [1.165, 1.54) is 19.3 Å². The molecule has 0 radical (unpaired) electrons. The summed E-state index contributed by atoms with van der Waals surface area (Å²) in [6.07, 6.45) is 4.53. The standard InChI is InChI=1S/C22H35N3O3/c1-22(2,3)24-13-16(26)14-28-17-9-7-15(8-10-17)25(21(23)27)12-11-20-18-5-4-6-19(18)20/h7-10,16,18-20,24,26H,4-6,11-14H2,1-3H3,(H2,23,27). The summed E-state index contributed by atoms with van der Waals surface area (Å²) in [6.45, 7) is 7.52. The van der Waals surface area contributed by atoms with Gasteiger partial charge in [-0.05, 0) is 82.1 Å². The van der Waals surface area contributed by atoms with Crippen molar-refractivity contribution in [1.82, 2.24) is 5.32 Å². The number of hydrogen-bond acceptors (Lipinski definition) is 4. The van der Waals surface area contributed by atoms with Gasteiger partial charge in [-0.1, -0.05) is 6.42 Å². The number of carbonyl (C=O) groups excluding carboxylic acids is 1. The van der Waals surface area contributed by atoms with Crippen molar-refractivity contribution in [3.8, 4) is 5.75 Å². The van der Waals surface area contributed by atoms with Gasteiger partial charge in [0.15, 0.2) is 0 Å². The second kappa shape index (κ2) is 8.70. The minimum Gasteiger partial charge on any atom is -0.491 e. The number of ether oxygens (including phenoxy) is 1. The average molecular weight is 390 g/mol. The molecule has 3 atom stereocenters. The first-order valence-electron chi connectivity index (χ1n) is 10.5. The third kappa shape index (κ3) is 5.61. The molecule has 2 fully saturated rings. The first kappa shape index (κ1) is 20.9. The number of primary amides is 1. The molecule has 0 spiro atoms. The van der Waals surface area contributed by atoms with Crippen LogP contribution in [-0.2, 0) is 0 Å². The predicted octanol–water partition coefficient (Wildman–Crippen LogP) is 3.14. The molecule has 2 saturated carbocycles. The lowest BCUT2D eigenvalue weighted by molar-refractivity contribution is 0.100. The van der Waals surface area contributed by atoms with Gasteiger partial charge in [-0.2, -0.15) is 0 Å². The second-order valence-corrected chi connectivity index (χ2v) is 9.29. The van der Waals surface area contributed by atoms with Crippen LogP contribution in [0.4, 0.5) is 10.5 Å². The van der Waals surface area contributed by atoms with Gasteiger partial charge in [0.1, 0.15) is 18.5 Å². The lowest BCUT2D eigenvalue weighted by Crippen LogP contribution is -2.42. The fourth-order valence-electron chi connectivity index (χ4n) is 4.44. The Morgan fingerprint density at radius 2 is 1.93 bits per heavy atom. The van der Waals surface area contributed by atoms with Crippen molar-refractivity contribution in [2.24, 2.45) is 23.5 Å². The highest BCUT2D eigenvalue weighted by molar-refractivity contribution is 5.90. The van der Waals surface area contributed by atoms with E-state index >= 15 is 0 Å². The highest BCUT2D eigenvalue weighted by atomic mass is 16.5. The van der Waals surface area contributed by atoms with Crippen LogP contribution >= 0.6 is 0 Å². The zero-order chi connectivity index (χ0) is 20.3. The molecule has 6 nitrogen and oxygen atoms in total. The number of nitrogens with zero attached hydrogens (tertiary/aromatic N) is 1. The number of nitrogens with two attached hydrogens (primary N) is 1. The summed E-state index contributed by atoms with van der Waals surface area (Å²) in [6, 6.07) is 6.94. The van der Waals surface area contributed by atoms with Crippen molar-refractivity contribution in [1.29, 1.82) is 0 Å². The third-order valence-electron chi connectivity index (χ3n) is 5.99. The van der Waals surface area contributed by atoms with E-state index in [1.54, 1.807) is 4.90 Å². The molecule has 3 rings (SSSR count). The molecule has 3 unspecified atom stereocenters. The molecule has 0 aromatic heterocycles. The maximum Gasteiger partial charge on any atom is 0.319 e. The van der Waals surface area contributed by atoms with Crippen LogP contribution in [0, 0.1) is 17.8 Å². The molecule has 1 aromatic rings. The second-order valence-electron chi connectivity index (χ2n) is 9.29. The van der Waals surface area contributed by atoms with Crippen molar-refractivity contribution < 1.29 is 14.6 Å². The van der Waals surface area contributed by atoms with Gasteiger partial charge in [0.25, 0.3) is 0 Å². The van der Waals surface area contributed by atoms with Gasteiger partial charge in [-0.25, -0.2) is 4.79 Å². The van der Waals surface area contributed by atoms with E-state index in [9.17, 15) is 9.90 Å². The molecule has 0 saturated heterocycles. The summed E-state index contributed by atoms with van der Waals surface area (Å²) in [5, 5.41) is 13.3. The minimum absolute atomic E-state index is 0.0417. The molecule has 2 amide bonds. The van der Waals surface area contributed by atoms with Crippen molar-refractivity contribution in [2.75, 3.05) is 24.6 Å². The Morgan fingerprint density at radius 3 is 2.50 bits per heavy atom. The SMILES string of the molecule is CC(C)(C)NCC(O)COc1ccc(N(CCC2C3CCCC32)C(N)=O)cc1. The van der Waals surface area contributed by atoms with Gasteiger partial charge in [0.2, 0.25) is 0 Å². The first-order chi connectivity index (χ1) is 13.2. The number of amides is 2. The van der Waals surface area contributed by atoms with Gasteiger partial charge >= 0.3 is 6.03 Å². The monoisotopic (exact) mass is 389 g/mol. The topological polar surface area (TPSA) is 87.8 Å². The Hall–Kier alpha value is -1.79. The highest BCUT2D eigenvalue weighted by Crippen LogP contribution is 2.59. The molecular formula is C22H35N3O3. The number of benzene rings is 1. The normalized spacial score (nSPS) is 24.5. The van der Waals surface area contributed by atoms with Crippen LogP contribution < -0.4 is 20.7 Å². The van der Waals surface area contributed by atoms with Crippen molar-refractivity contribution in [3.63, 3.8) is 0 Å². The van der Waals surface area contributed by atoms with Crippen molar-refractivity contribution in [2.45, 2.75) is 58.1 Å². The molecule has 0 aliphatic heterocycles. The molecule has 1 aromatic carbocycles. The Labute approximate surface area is 168 Å². The molecule has 2 aliphatic carbocycles. The number of hydrogen-bond donors (Lipinski definition) is 3. The van der Waals surface area contributed by atoms with Crippen LogP contribution in [0.2, 0.25) is 0 Å². The van der Waals surface area contributed by atoms with Gasteiger partial charge in [0.05, 0.1) is 0 Å². The summed E-state index contributed by atoms with van der Waals surface area (Å²) in [5.74, 6) is 3.23. The Bertz CT molecular complexity index is 646. The molecular weight excluding hydrogens is 354 g/mol. The van der Waals surface area contributed by atoms with E-state index in [2.05, 4.69) is 26.1 Å². The molecule has 2 aliphatic rings. The highest BCUT2D eigenvalue weighted by Gasteiger charge is 2.51. The lowest BCUT2D eigenvalue weighted by Gasteiger charge is -2.23. The molecule has 0 bridgehead atoms. The number of carbonyl (C=O) groups is 1. The number of rotatable bonds is 9. The van der Waals surface area contributed by atoms with Crippen molar-refractivity contribution >= 4 is 11.7 Å². The Kier molecular flexibility index (Phi) is 6.50. The van der Waals surface area contributed by atoms with E-state index in [1.807, 2.05) is 24.3 Å². The van der Waals surface area contributed by atoms with Crippen LogP contribution in [0.15, 0.2) is 24.3 Å². The molecule has 4 N–H and O–H groups in total. The van der Waals surface area contributed by atoms with Gasteiger partial charge in [-0.15, -0.1) is 0 Å². The number of β-amino-alcohol motifs (C(OH)–C–C–N with tert-alkyl or cyclic N) is 1. The van der Waals surface area contributed by atoms with Crippen LogP contribution in [0.25, 0.3) is 0 Å². The zero-order valence-electron chi connectivity index (χ0n) is 17.4. The number of aliphatic hydroxyl groups is 1. The van der Waals surface area contributed by atoms with Crippen molar-refractivity contribution in [3.05, 3.63) is 24.3 Å². The molecule has 0 heterocycles. The quantitative estimate of drug-likeness (QED) is 0.605. The number of nitrogens with one attached hydrogen (secondary N) is 1. The predicted molar refractivity (Wildman–Crippen MR) is 112 cm³/mol. The average Bonchev–Trinajstić information content (AvgIpc) is 3.06. The van der Waals surface area contributed by atoms with Crippen LogP contribution in [-0.4, -0.2) is 42.5 Å². The maximum absolute atomic E-state index is 11.9. The van der Waals surface area contributed by atoms with Crippen LogP contribution in [0.3, 0.4) is 0 Å². The fourth-order valence-corrected chi connectivity index (χ4v) is 4.44. The van der Waals surface area contributed by atoms with E-state index < -0.39 is 12.1 Å². The number of fused-ring (bicyclic) bond motifs is 1. The van der Waals surface area contributed by atoms with Crippen LogP contribution in [0.1, 0.15) is 46.5 Å². The van der Waals surface area contributed by atoms with E-state index in [-0.39, 0.29) is 12.1 Å². The van der Waals surface area contributed by atoms with Crippen LogP contribution in [0.5, 0.6) is 5.75 Å². The fraction of sp³-hybridized carbons (Fsp3) is 0.682. The molecule has 156 valence electrons. The van der Waals surface area contributed by atoms with Gasteiger partial charge < -0.3 is 20.9 Å². The molecule has 6 heteroatoms. The summed E-state index contributed by atoms with van der Waals surface area (Å²) in [5.41, 5.74) is 6.36. The van der Waals surface area contributed by atoms with E-state index in [4.69, 9.17) is 10.5 Å². The Morgan fingerprint density at radius 1 is 1.29 bits per heavy atom. The first-order valence-corrected chi connectivity index (χ1v) is 10.5. The largest absolute Gasteiger partial charge is 0.491 e.